The van der Waals surface area contributed by atoms with E-state index in [4.69, 9.17) is 22.1 Å². The second kappa shape index (κ2) is 10.00. The van der Waals surface area contributed by atoms with Crippen LogP contribution in [0.2, 0.25) is 0 Å². The Kier molecular flexibility index (Phi) is 7.16. The molecule has 0 aliphatic carbocycles. The maximum Gasteiger partial charge on any atom is 0.336 e. The highest BCUT2D eigenvalue weighted by molar-refractivity contribution is 8.26. The van der Waals surface area contributed by atoms with Crippen LogP contribution in [0.15, 0.2) is 65.6 Å². The predicted molar refractivity (Wildman–Crippen MR) is 120 cm³/mol. The van der Waals surface area contributed by atoms with Crippen molar-refractivity contribution >= 4 is 58.3 Å². The van der Waals surface area contributed by atoms with Gasteiger partial charge in [0.2, 0.25) is 0 Å². The Balaban J connectivity index is 1.61. The molecule has 1 N–H and O–H groups in total. The monoisotopic (exact) mass is 439 g/mol. The van der Waals surface area contributed by atoms with E-state index >= 15 is 0 Å². The number of rotatable bonds is 7. The highest BCUT2D eigenvalue weighted by Gasteiger charge is 2.31. The first-order chi connectivity index (χ1) is 14.4. The maximum atomic E-state index is 12.4. The molecule has 1 saturated heterocycles. The third-order valence-corrected chi connectivity index (χ3v) is 5.41. The van der Waals surface area contributed by atoms with Crippen LogP contribution in [-0.4, -0.2) is 38.7 Å². The molecule has 30 heavy (non-hydrogen) atoms. The summed E-state index contributed by atoms with van der Waals surface area (Å²) in [5, 5.41) is 8.78. The molecule has 6 nitrogen and oxygen atoms in total. The first-order valence-corrected chi connectivity index (χ1v) is 10.2. The molecular formula is C22H17NO5S2. The summed E-state index contributed by atoms with van der Waals surface area (Å²) in [6, 6.07) is 16.1. The number of carbonyl (C=O) groups excluding carboxylic acids is 2. The van der Waals surface area contributed by atoms with Gasteiger partial charge in [0.25, 0.3) is 5.91 Å². The van der Waals surface area contributed by atoms with Crippen molar-refractivity contribution in [2.24, 2.45) is 0 Å². The summed E-state index contributed by atoms with van der Waals surface area (Å²) in [5.74, 6) is -1.42. The minimum absolute atomic E-state index is 0.0444. The zero-order valence-corrected chi connectivity index (χ0v) is 17.3. The average Bonchev–Trinajstić information content (AvgIpc) is 2.99. The van der Waals surface area contributed by atoms with E-state index in [1.807, 2.05) is 30.3 Å². The van der Waals surface area contributed by atoms with Gasteiger partial charge in [0.15, 0.2) is 0 Å². The number of ether oxygens (including phenoxy) is 1. The van der Waals surface area contributed by atoms with Crippen molar-refractivity contribution in [1.29, 1.82) is 0 Å². The summed E-state index contributed by atoms with van der Waals surface area (Å²) in [7, 11) is 0. The molecule has 2 aromatic carbocycles. The molecule has 1 amide bonds. The van der Waals surface area contributed by atoms with Crippen LogP contribution in [0.25, 0.3) is 12.2 Å². The zero-order valence-electron chi connectivity index (χ0n) is 15.7. The van der Waals surface area contributed by atoms with E-state index in [9.17, 15) is 14.4 Å². The SMILES string of the molecule is O=C(O)CCN1C(=O)/C(=C\c2ccc(OC(=O)/C=C/c3ccccc3)cc2)SC1=S. The zero-order chi connectivity index (χ0) is 21.5. The molecule has 0 spiro atoms. The number of benzene rings is 2. The van der Waals surface area contributed by atoms with E-state index in [1.165, 1.54) is 11.0 Å². The third kappa shape index (κ3) is 5.88. The lowest BCUT2D eigenvalue weighted by Gasteiger charge is -2.12. The summed E-state index contributed by atoms with van der Waals surface area (Å²) < 4.78 is 5.60. The van der Waals surface area contributed by atoms with E-state index in [1.54, 1.807) is 36.4 Å². The number of thiocarbonyl (C=S) groups is 1. The van der Waals surface area contributed by atoms with Crippen molar-refractivity contribution in [3.8, 4) is 5.75 Å². The van der Waals surface area contributed by atoms with Gasteiger partial charge in [-0.1, -0.05) is 66.4 Å². The number of hydrogen-bond donors (Lipinski definition) is 1. The van der Waals surface area contributed by atoms with E-state index in [0.717, 1.165) is 22.9 Å². The lowest BCUT2D eigenvalue weighted by atomic mass is 10.2. The van der Waals surface area contributed by atoms with Crippen LogP contribution >= 0.6 is 24.0 Å². The molecule has 1 aliphatic heterocycles. The van der Waals surface area contributed by atoms with Crippen molar-refractivity contribution in [2.45, 2.75) is 6.42 Å². The standard InChI is InChI=1S/C22H17NO5S2/c24-19(25)12-13-23-21(27)18(30-22(23)29)14-16-6-9-17(10-7-16)28-20(26)11-8-15-4-2-1-3-5-15/h1-11,14H,12-13H2,(H,24,25)/b11-8+,18-14+. The normalized spacial score (nSPS) is 15.2. The van der Waals surface area contributed by atoms with Gasteiger partial charge in [-0.25, -0.2) is 4.79 Å². The minimum Gasteiger partial charge on any atom is -0.481 e. The first-order valence-electron chi connectivity index (χ1n) is 8.94. The molecule has 1 heterocycles. The van der Waals surface area contributed by atoms with Gasteiger partial charge in [-0.3, -0.25) is 14.5 Å². The summed E-state index contributed by atoms with van der Waals surface area (Å²) in [6.07, 6.45) is 4.52. The Morgan fingerprint density at radius 2 is 1.77 bits per heavy atom. The van der Waals surface area contributed by atoms with Crippen molar-refractivity contribution in [1.82, 2.24) is 4.90 Å². The Labute approximate surface area is 182 Å². The third-order valence-electron chi connectivity index (χ3n) is 4.03. The number of thioether (sulfide) groups is 1. The predicted octanol–water partition coefficient (Wildman–Crippen LogP) is 3.98. The molecule has 0 bridgehead atoms. The highest BCUT2D eigenvalue weighted by atomic mass is 32.2. The van der Waals surface area contributed by atoms with Crippen LogP contribution in [0.3, 0.4) is 0 Å². The smallest absolute Gasteiger partial charge is 0.336 e. The molecule has 2 aromatic rings. The van der Waals surface area contributed by atoms with E-state index in [-0.39, 0.29) is 18.9 Å². The van der Waals surface area contributed by atoms with Crippen LogP contribution in [-0.2, 0) is 14.4 Å². The summed E-state index contributed by atoms with van der Waals surface area (Å²) >= 11 is 6.29. The van der Waals surface area contributed by atoms with Gasteiger partial charge in [-0.05, 0) is 35.4 Å². The van der Waals surface area contributed by atoms with Crippen LogP contribution in [0, 0.1) is 0 Å². The fourth-order valence-corrected chi connectivity index (χ4v) is 3.87. The number of esters is 1. The molecule has 0 unspecified atom stereocenters. The molecule has 0 atom stereocenters. The van der Waals surface area contributed by atoms with Crippen LogP contribution in [0.1, 0.15) is 17.5 Å². The molecule has 1 fully saturated rings. The van der Waals surface area contributed by atoms with Gasteiger partial charge in [0.05, 0.1) is 11.3 Å². The van der Waals surface area contributed by atoms with Crippen molar-refractivity contribution in [2.75, 3.05) is 6.54 Å². The summed E-state index contributed by atoms with van der Waals surface area (Å²) in [5.41, 5.74) is 1.62. The van der Waals surface area contributed by atoms with E-state index < -0.39 is 11.9 Å². The minimum atomic E-state index is -0.989. The Hall–Kier alpha value is -3.23. The Morgan fingerprint density at radius 1 is 1.07 bits per heavy atom. The Morgan fingerprint density at radius 3 is 2.43 bits per heavy atom. The number of carboxylic acid groups (broad SMARTS) is 1. The average molecular weight is 440 g/mol. The van der Waals surface area contributed by atoms with E-state index in [0.29, 0.717) is 15.0 Å². The maximum absolute atomic E-state index is 12.4. The van der Waals surface area contributed by atoms with Crippen LogP contribution in [0.5, 0.6) is 5.75 Å². The number of carboxylic acids is 1. The molecule has 8 heteroatoms. The van der Waals surface area contributed by atoms with Gasteiger partial charge in [0, 0.05) is 12.6 Å². The molecule has 3 rings (SSSR count). The second-order valence-electron chi connectivity index (χ2n) is 6.21. The van der Waals surface area contributed by atoms with Gasteiger partial charge in [-0.15, -0.1) is 0 Å². The quantitative estimate of drug-likeness (QED) is 0.302. The number of nitrogens with zero attached hydrogens (tertiary/aromatic N) is 1. The Bertz CT molecular complexity index is 1030. The highest BCUT2D eigenvalue weighted by Crippen LogP contribution is 2.32. The fraction of sp³-hybridized carbons (Fsp3) is 0.0909. The summed E-state index contributed by atoms with van der Waals surface area (Å²) in [6.45, 7) is 0.0444. The number of hydrogen-bond acceptors (Lipinski definition) is 6. The number of amides is 1. The van der Waals surface area contributed by atoms with Crippen molar-refractivity contribution in [3.63, 3.8) is 0 Å². The van der Waals surface area contributed by atoms with Crippen molar-refractivity contribution < 1.29 is 24.2 Å². The van der Waals surface area contributed by atoms with Gasteiger partial charge >= 0.3 is 11.9 Å². The lowest BCUT2D eigenvalue weighted by Crippen LogP contribution is -2.30. The number of aliphatic carboxylic acids is 1. The molecule has 152 valence electrons. The fourth-order valence-electron chi connectivity index (χ4n) is 2.56. The molecule has 0 aromatic heterocycles. The van der Waals surface area contributed by atoms with Crippen LogP contribution < -0.4 is 4.74 Å². The first kappa shape index (κ1) is 21.5. The van der Waals surface area contributed by atoms with Crippen LogP contribution in [0.4, 0.5) is 0 Å². The van der Waals surface area contributed by atoms with Gasteiger partial charge in [-0.2, -0.15) is 0 Å². The van der Waals surface area contributed by atoms with Gasteiger partial charge < -0.3 is 9.84 Å². The number of carbonyl (C=O) groups is 3. The molecule has 1 aliphatic rings. The largest absolute Gasteiger partial charge is 0.481 e. The van der Waals surface area contributed by atoms with Crippen molar-refractivity contribution in [3.05, 3.63) is 76.7 Å². The molecular weight excluding hydrogens is 422 g/mol. The lowest BCUT2D eigenvalue weighted by molar-refractivity contribution is -0.137. The summed E-state index contributed by atoms with van der Waals surface area (Å²) in [4.78, 5) is 36.8. The second-order valence-corrected chi connectivity index (χ2v) is 7.89. The van der Waals surface area contributed by atoms with E-state index in [2.05, 4.69) is 0 Å². The molecule has 0 radical (unpaired) electrons. The molecule has 0 saturated carbocycles. The van der Waals surface area contributed by atoms with Gasteiger partial charge in [0.1, 0.15) is 10.1 Å². The topological polar surface area (TPSA) is 83.9 Å².